The van der Waals surface area contributed by atoms with Crippen molar-refractivity contribution in [3.63, 3.8) is 0 Å². The van der Waals surface area contributed by atoms with Crippen LogP contribution in [0.3, 0.4) is 0 Å². The predicted octanol–water partition coefficient (Wildman–Crippen LogP) is 4.54. The highest BCUT2D eigenvalue weighted by atomic mass is 79.9. The molecule has 0 aliphatic heterocycles. The first-order valence-corrected chi connectivity index (χ1v) is 5.63. The van der Waals surface area contributed by atoms with Crippen LogP contribution in [0.25, 0.3) is 0 Å². The molecule has 0 unspecified atom stereocenters. The Balaban J connectivity index is 2.86. The summed E-state index contributed by atoms with van der Waals surface area (Å²) in [5.74, 6) is 0. The zero-order chi connectivity index (χ0) is 10.7. The molecule has 0 aromatic heterocycles. The highest BCUT2D eigenvalue weighted by molar-refractivity contribution is 9.11. The first kappa shape index (κ1) is 12.2. The molecule has 0 radical (unpaired) electrons. The zero-order valence-electron chi connectivity index (χ0n) is 6.83. The molecule has 0 saturated carbocycles. The van der Waals surface area contributed by atoms with E-state index in [4.69, 9.17) is 11.6 Å². The van der Waals surface area contributed by atoms with Gasteiger partial charge in [-0.1, -0.05) is 11.6 Å². The fraction of sp³-hybridized carbons (Fsp3) is 0.250. The Labute approximate surface area is 102 Å². The fourth-order valence-electron chi connectivity index (χ4n) is 0.890. The maximum Gasteiger partial charge on any atom is 0.255 e. The lowest BCUT2D eigenvalue weighted by Crippen LogP contribution is -2.10. The van der Waals surface area contributed by atoms with Crippen LogP contribution in [0.15, 0.2) is 21.1 Å². The summed E-state index contributed by atoms with van der Waals surface area (Å²) < 4.78 is 25.2. The molecule has 0 saturated heterocycles. The monoisotopic (exact) mass is 347 g/mol. The minimum Gasteiger partial charge on any atom is -0.377 e. The molecule has 0 spiro atoms. The van der Waals surface area contributed by atoms with Crippen LogP contribution in [-0.4, -0.2) is 13.0 Å². The van der Waals surface area contributed by atoms with Gasteiger partial charge in [0.25, 0.3) is 6.43 Å². The molecule has 1 nitrogen and oxygen atoms in total. The zero-order valence-corrected chi connectivity index (χ0v) is 10.8. The van der Waals surface area contributed by atoms with Crippen molar-refractivity contribution in [3.8, 4) is 0 Å². The topological polar surface area (TPSA) is 12.0 Å². The smallest absolute Gasteiger partial charge is 0.255 e. The fourth-order valence-corrected chi connectivity index (χ4v) is 2.84. The van der Waals surface area contributed by atoms with Crippen molar-refractivity contribution < 1.29 is 8.78 Å². The van der Waals surface area contributed by atoms with Gasteiger partial charge in [-0.05, 0) is 44.0 Å². The Kier molecular flexibility index (Phi) is 4.60. The molecule has 14 heavy (non-hydrogen) atoms. The molecule has 0 bridgehead atoms. The van der Waals surface area contributed by atoms with E-state index in [1.165, 1.54) is 0 Å². The van der Waals surface area contributed by atoms with E-state index in [0.29, 0.717) is 19.7 Å². The van der Waals surface area contributed by atoms with E-state index < -0.39 is 13.0 Å². The lowest BCUT2D eigenvalue weighted by atomic mass is 10.3. The molecular weight excluding hydrogens is 343 g/mol. The SMILES string of the molecule is FC(F)CNc1c(Br)cc(Cl)cc1Br. The second-order valence-corrected chi connectivity index (χ2v) is 4.66. The third-order valence-electron chi connectivity index (χ3n) is 1.44. The van der Waals surface area contributed by atoms with Gasteiger partial charge in [-0.3, -0.25) is 0 Å². The molecule has 78 valence electrons. The summed E-state index contributed by atoms with van der Waals surface area (Å²) >= 11 is 12.2. The number of halogens is 5. The largest absolute Gasteiger partial charge is 0.377 e. The predicted molar refractivity (Wildman–Crippen MR) is 61.3 cm³/mol. The second kappa shape index (κ2) is 5.28. The summed E-state index contributed by atoms with van der Waals surface area (Å²) in [6, 6.07) is 3.28. The molecule has 1 aromatic carbocycles. The molecule has 0 fully saturated rings. The van der Waals surface area contributed by atoms with Crippen molar-refractivity contribution in [2.24, 2.45) is 0 Å². The van der Waals surface area contributed by atoms with Crippen LogP contribution in [0, 0.1) is 0 Å². The normalized spacial score (nSPS) is 10.7. The van der Waals surface area contributed by atoms with Crippen molar-refractivity contribution in [2.45, 2.75) is 6.43 Å². The van der Waals surface area contributed by atoms with Gasteiger partial charge in [0.1, 0.15) is 0 Å². The molecular formula is C8H6Br2ClF2N. The van der Waals surface area contributed by atoms with Crippen LogP contribution in [0.1, 0.15) is 0 Å². The first-order chi connectivity index (χ1) is 6.50. The van der Waals surface area contributed by atoms with Crippen molar-refractivity contribution in [3.05, 3.63) is 26.1 Å². The summed E-state index contributed by atoms with van der Waals surface area (Å²) in [6.45, 7) is -0.390. The van der Waals surface area contributed by atoms with E-state index in [1.807, 2.05) is 0 Å². The third kappa shape index (κ3) is 3.37. The highest BCUT2D eigenvalue weighted by Crippen LogP contribution is 2.34. The van der Waals surface area contributed by atoms with Crippen LogP contribution in [0.2, 0.25) is 5.02 Å². The van der Waals surface area contributed by atoms with Crippen LogP contribution in [-0.2, 0) is 0 Å². The molecule has 0 heterocycles. The average molecular weight is 349 g/mol. The molecule has 0 atom stereocenters. The minimum absolute atomic E-state index is 0.390. The van der Waals surface area contributed by atoms with E-state index in [-0.39, 0.29) is 0 Å². The quantitative estimate of drug-likeness (QED) is 0.845. The third-order valence-corrected chi connectivity index (χ3v) is 2.91. The number of nitrogens with one attached hydrogen (secondary N) is 1. The Morgan fingerprint density at radius 1 is 1.29 bits per heavy atom. The minimum atomic E-state index is -2.38. The van der Waals surface area contributed by atoms with Gasteiger partial charge < -0.3 is 5.32 Å². The van der Waals surface area contributed by atoms with E-state index in [9.17, 15) is 8.78 Å². The van der Waals surface area contributed by atoms with Crippen molar-refractivity contribution >= 4 is 49.1 Å². The van der Waals surface area contributed by atoms with Gasteiger partial charge in [-0.15, -0.1) is 0 Å². The second-order valence-electron chi connectivity index (χ2n) is 2.52. The molecule has 6 heteroatoms. The number of benzene rings is 1. The number of rotatable bonds is 3. The molecule has 1 aromatic rings. The molecule has 0 aliphatic carbocycles. The van der Waals surface area contributed by atoms with Gasteiger partial charge in [0.15, 0.2) is 0 Å². The maximum atomic E-state index is 11.9. The van der Waals surface area contributed by atoms with Gasteiger partial charge in [0.2, 0.25) is 0 Å². The molecule has 0 aliphatic rings. The van der Waals surface area contributed by atoms with Crippen LogP contribution in [0.4, 0.5) is 14.5 Å². The Hall–Kier alpha value is 0.130. The van der Waals surface area contributed by atoms with E-state index in [0.717, 1.165) is 0 Å². The van der Waals surface area contributed by atoms with Gasteiger partial charge in [-0.25, -0.2) is 8.78 Å². The van der Waals surface area contributed by atoms with Gasteiger partial charge in [0, 0.05) is 14.0 Å². The first-order valence-electron chi connectivity index (χ1n) is 3.67. The Morgan fingerprint density at radius 3 is 2.21 bits per heavy atom. The Morgan fingerprint density at radius 2 is 1.79 bits per heavy atom. The van der Waals surface area contributed by atoms with Crippen molar-refractivity contribution in [2.75, 3.05) is 11.9 Å². The number of anilines is 1. The van der Waals surface area contributed by atoms with E-state index in [1.54, 1.807) is 12.1 Å². The van der Waals surface area contributed by atoms with E-state index >= 15 is 0 Å². The summed E-state index contributed by atoms with van der Waals surface area (Å²) in [6.07, 6.45) is -2.38. The maximum absolute atomic E-state index is 11.9. The summed E-state index contributed by atoms with van der Waals surface area (Å²) in [5, 5.41) is 3.14. The van der Waals surface area contributed by atoms with Gasteiger partial charge in [-0.2, -0.15) is 0 Å². The van der Waals surface area contributed by atoms with Crippen molar-refractivity contribution in [1.29, 1.82) is 0 Å². The average Bonchev–Trinajstić information content (AvgIpc) is 2.01. The lowest BCUT2D eigenvalue weighted by Gasteiger charge is -2.10. The summed E-state index contributed by atoms with van der Waals surface area (Å²) in [5.41, 5.74) is 0.578. The van der Waals surface area contributed by atoms with Gasteiger partial charge in [0.05, 0.1) is 12.2 Å². The molecule has 1 rings (SSSR count). The lowest BCUT2D eigenvalue weighted by molar-refractivity contribution is 0.163. The number of hydrogen-bond acceptors (Lipinski definition) is 1. The van der Waals surface area contributed by atoms with Gasteiger partial charge >= 0.3 is 0 Å². The molecule has 1 N–H and O–H groups in total. The van der Waals surface area contributed by atoms with E-state index in [2.05, 4.69) is 37.2 Å². The summed E-state index contributed by atoms with van der Waals surface area (Å²) in [4.78, 5) is 0. The summed E-state index contributed by atoms with van der Waals surface area (Å²) in [7, 11) is 0. The highest BCUT2D eigenvalue weighted by Gasteiger charge is 2.08. The Bertz CT molecular complexity index is 310. The van der Waals surface area contributed by atoms with Crippen molar-refractivity contribution in [1.82, 2.24) is 0 Å². The standard InChI is InChI=1S/C8H6Br2ClF2N/c9-5-1-4(11)2-6(10)8(5)14-3-7(12)13/h1-2,7,14H,3H2. The number of alkyl halides is 2. The van der Waals surface area contributed by atoms with Crippen LogP contribution in [0.5, 0.6) is 0 Å². The molecule has 0 amide bonds. The van der Waals surface area contributed by atoms with Crippen LogP contribution < -0.4 is 5.32 Å². The number of hydrogen-bond donors (Lipinski definition) is 1. The van der Waals surface area contributed by atoms with Crippen LogP contribution >= 0.6 is 43.5 Å².